The van der Waals surface area contributed by atoms with Gasteiger partial charge < -0.3 is 15.0 Å². The molecule has 0 aromatic heterocycles. The standard InChI is InChI=1S/C22H31F3N2O2.C4H8/c1-15(3-4-16(2)26-20-8-11-29-12-9-20)21(28)27-10-7-17-5-6-19(22(23,24)25)13-18(17)14-27;1-2-4-3-1/h5-6,13,15-16,20,26H,3-4,7-12,14H2,1-2H3;1-4H2/t15-,16?;/m1./s1. The normalized spacial score (nSPS) is 20.7. The summed E-state index contributed by atoms with van der Waals surface area (Å²) in [5.41, 5.74) is 0.872. The second-order valence-electron chi connectivity index (χ2n) is 9.84. The van der Waals surface area contributed by atoms with E-state index in [1.165, 1.54) is 31.7 Å². The van der Waals surface area contributed by atoms with Gasteiger partial charge in [0.1, 0.15) is 0 Å². The third-order valence-electron chi connectivity index (χ3n) is 7.05. The Labute approximate surface area is 196 Å². The van der Waals surface area contributed by atoms with Gasteiger partial charge in [-0.15, -0.1) is 0 Å². The highest BCUT2D eigenvalue weighted by Crippen LogP contribution is 2.32. The summed E-state index contributed by atoms with van der Waals surface area (Å²) in [4.78, 5) is 14.6. The zero-order valence-corrected chi connectivity index (χ0v) is 20.1. The molecule has 2 atom stereocenters. The topological polar surface area (TPSA) is 41.6 Å². The van der Waals surface area contributed by atoms with Crippen LogP contribution in [-0.4, -0.2) is 42.6 Å². The number of halogens is 3. The fourth-order valence-electron chi connectivity index (χ4n) is 4.46. The van der Waals surface area contributed by atoms with E-state index in [1.54, 1.807) is 11.0 Å². The molecule has 33 heavy (non-hydrogen) atoms. The average molecular weight is 469 g/mol. The average Bonchev–Trinajstić information content (AvgIpc) is 2.75. The molecule has 1 aliphatic carbocycles. The van der Waals surface area contributed by atoms with Crippen molar-refractivity contribution in [3.8, 4) is 0 Å². The van der Waals surface area contributed by atoms with E-state index in [9.17, 15) is 18.0 Å². The maximum Gasteiger partial charge on any atom is 0.416 e. The van der Waals surface area contributed by atoms with Gasteiger partial charge >= 0.3 is 6.18 Å². The molecule has 4 rings (SSSR count). The Morgan fingerprint density at radius 1 is 1.09 bits per heavy atom. The molecule has 2 fully saturated rings. The number of carbonyl (C=O) groups excluding carboxylic acids is 1. The molecule has 0 bridgehead atoms. The van der Waals surface area contributed by atoms with Crippen molar-refractivity contribution in [2.75, 3.05) is 19.8 Å². The monoisotopic (exact) mass is 468 g/mol. The summed E-state index contributed by atoms with van der Waals surface area (Å²) in [6, 6.07) is 4.67. The highest BCUT2D eigenvalue weighted by molar-refractivity contribution is 5.78. The van der Waals surface area contributed by atoms with E-state index in [0.717, 1.165) is 50.5 Å². The van der Waals surface area contributed by atoms with E-state index >= 15 is 0 Å². The van der Waals surface area contributed by atoms with Crippen molar-refractivity contribution in [1.29, 1.82) is 0 Å². The van der Waals surface area contributed by atoms with E-state index in [4.69, 9.17) is 4.74 Å². The Balaban J connectivity index is 0.000000690. The summed E-state index contributed by atoms with van der Waals surface area (Å²) in [6.07, 6.45) is 5.95. The van der Waals surface area contributed by atoms with Crippen LogP contribution in [0.4, 0.5) is 13.2 Å². The third kappa shape index (κ3) is 7.99. The highest BCUT2D eigenvalue weighted by Gasteiger charge is 2.32. The van der Waals surface area contributed by atoms with Crippen LogP contribution in [0.15, 0.2) is 18.2 Å². The van der Waals surface area contributed by atoms with Crippen LogP contribution in [0.2, 0.25) is 0 Å². The van der Waals surface area contributed by atoms with Gasteiger partial charge in [0.15, 0.2) is 0 Å². The number of ether oxygens (including phenoxy) is 1. The molecule has 1 aromatic carbocycles. The van der Waals surface area contributed by atoms with Gasteiger partial charge in [0.05, 0.1) is 5.56 Å². The number of hydrogen-bond acceptors (Lipinski definition) is 3. The number of hydrogen-bond donors (Lipinski definition) is 1. The molecular weight excluding hydrogens is 429 g/mol. The Hall–Kier alpha value is -1.60. The molecule has 1 aromatic rings. The quantitative estimate of drug-likeness (QED) is 0.580. The molecule has 186 valence electrons. The molecule has 3 aliphatic rings. The lowest BCUT2D eigenvalue weighted by atomic mass is 9.94. The lowest BCUT2D eigenvalue weighted by molar-refractivity contribution is -0.137. The Kier molecular flexibility index (Phi) is 9.62. The molecule has 0 radical (unpaired) electrons. The van der Waals surface area contributed by atoms with Crippen molar-refractivity contribution in [3.05, 3.63) is 34.9 Å². The minimum Gasteiger partial charge on any atom is -0.381 e. The van der Waals surface area contributed by atoms with Crippen LogP contribution >= 0.6 is 0 Å². The van der Waals surface area contributed by atoms with Crippen LogP contribution in [0.3, 0.4) is 0 Å². The number of amides is 1. The van der Waals surface area contributed by atoms with Crippen molar-refractivity contribution < 1.29 is 22.7 Å². The molecule has 1 saturated carbocycles. The molecule has 1 amide bonds. The summed E-state index contributed by atoms with van der Waals surface area (Å²) >= 11 is 0. The first-order valence-electron chi connectivity index (χ1n) is 12.6. The van der Waals surface area contributed by atoms with E-state index < -0.39 is 11.7 Å². The lowest BCUT2D eigenvalue weighted by Gasteiger charge is -2.32. The number of carbonyl (C=O) groups is 1. The van der Waals surface area contributed by atoms with Crippen LogP contribution in [0.1, 0.15) is 81.9 Å². The van der Waals surface area contributed by atoms with E-state index in [-0.39, 0.29) is 18.4 Å². The molecule has 1 N–H and O–H groups in total. The van der Waals surface area contributed by atoms with Gasteiger partial charge in [-0.2, -0.15) is 13.2 Å². The van der Waals surface area contributed by atoms with Gasteiger partial charge in [-0.1, -0.05) is 38.7 Å². The number of benzene rings is 1. The predicted molar refractivity (Wildman–Crippen MR) is 124 cm³/mol. The van der Waals surface area contributed by atoms with Gasteiger partial charge in [-0.25, -0.2) is 0 Å². The Morgan fingerprint density at radius 2 is 1.76 bits per heavy atom. The minimum absolute atomic E-state index is 0.0336. The first-order chi connectivity index (χ1) is 15.7. The van der Waals surface area contributed by atoms with Crippen molar-refractivity contribution in [2.24, 2.45) is 5.92 Å². The van der Waals surface area contributed by atoms with Crippen molar-refractivity contribution in [2.45, 2.75) is 96.4 Å². The summed E-state index contributed by atoms with van der Waals surface area (Å²) in [5.74, 6) is -0.104. The molecule has 1 saturated heterocycles. The zero-order chi connectivity index (χ0) is 23.8. The van der Waals surface area contributed by atoms with Crippen LogP contribution in [0, 0.1) is 5.92 Å². The number of nitrogens with one attached hydrogen (secondary N) is 1. The number of nitrogens with zero attached hydrogens (tertiary/aromatic N) is 1. The van der Waals surface area contributed by atoms with E-state index in [1.807, 2.05) is 6.92 Å². The maximum absolute atomic E-state index is 13.0. The Bertz CT molecular complexity index is 754. The van der Waals surface area contributed by atoms with Crippen LogP contribution < -0.4 is 5.32 Å². The predicted octanol–water partition coefficient (Wildman–Crippen LogP) is 5.72. The molecule has 2 aliphatic heterocycles. The largest absolute Gasteiger partial charge is 0.416 e. The lowest BCUT2D eigenvalue weighted by Crippen LogP contribution is -2.41. The van der Waals surface area contributed by atoms with E-state index in [2.05, 4.69) is 12.2 Å². The molecule has 4 nitrogen and oxygen atoms in total. The summed E-state index contributed by atoms with van der Waals surface area (Å²) < 4.78 is 44.4. The van der Waals surface area contributed by atoms with Crippen molar-refractivity contribution in [1.82, 2.24) is 10.2 Å². The van der Waals surface area contributed by atoms with Gasteiger partial charge in [0, 0.05) is 44.3 Å². The smallest absolute Gasteiger partial charge is 0.381 e. The maximum atomic E-state index is 13.0. The summed E-state index contributed by atoms with van der Waals surface area (Å²) in [7, 11) is 0. The van der Waals surface area contributed by atoms with Gasteiger partial charge in [0.2, 0.25) is 5.91 Å². The first-order valence-corrected chi connectivity index (χ1v) is 12.6. The van der Waals surface area contributed by atoms with Crippen molar-refractivity contribution in [3.63, 3.8) is 0 Å². The van der Waals surface area contributed by atoms with E-state index in [0.29, 0.717) is 30.6 Å². The van der Waals surface area contributed by atoms with Crippen LogP contribution in [0.5, 0.6) is 0 Å². The SMILES string of the molecule is C1CCC1.CC(CC[C@@H](C)C(=O)N1CCc2ccc(C(F)(F)F)cc2C1)NC1CCOCC1. The summed E-state index contributed by atoms with van der Waals surface area (Å²) in [5, 5.41) is 3.61. The molecular formula is C26H39F3N2O2. The van der Waals surface area contributed by atoms with Crippen LogP contribution in [0.25, 0.3) is 0 Å². The second kappa shape index (κ2) is 12.2. The fourth-order valence-corrected chi connectivity index (χ4v) is 4.46. The fraction of sp³-hybridized carbons (Fsp3) is 0.731. The number of alkyl halides is 3. The zero-order valence-electron chi connectivity index (χ0n) is 20.1. The van der Waals surface area contributed by atoms with Crippen LogP contribution in [-0.2, 0) is 28.7 Å². The highest BCUT2D eigenvalue weighted by atomic mass is 19.4. The third-order valence-corrected chi connectivity index (χ3v) is 7.05. The Morgan fingerprint density at radius 3 is 2.36 bits per heavy atom. The summed E-state index contributed by atoms with van der Waals surface area (Å²) in [6.45, 7) is 6.49. The van der Waals surface area contributed by atoms with Gasteiger partial charge in [0.25, 0.3) is 0 Å². The molecule has 7 heteroatoms. The van der Waals surface area contributed by atoms with Gasteiger partial charge in [-0.05, 0) is 62.3 Å². The molecule has 1 unspecified atom stereocenters. The second-order valence-corrected chi connectivity index (χ2v) is 9.84. The molecule has 2 heterocycles. The number of fused-ring (bicyclic) bond motifs is 1. The number of rotatable bonds is 6. The molecule has 0 spiro atoms. The van der Waals surface area contributed by atoms with Gasteiger partial charge in [-0.3, -0.25) is 4.79 Å². The minimum atomic E-state index is -4.36. The first kappa shape index (κ1) is 26.0. The van der Waals surface area contributed by atoms with Crippen molar-refractivity contribution >= 4 is 5.91 Å².